The molecule has 0 saturated carbocycles. The van der Waals surface area contributed by atoms with Gasteiger partial charge in [0.25, 0.3) is 0 Å². The second-order valence-electron chi connectivity index (χ2n) is 4.40. The van der Waals surface area contributed by atoms with E-state index in [1.54, 1.807) is 36.5 Å². The maximum atomic E-state index is 11.0. The molecule has 0 unspecified atom stereocenters. The van der Waals surface area contributed by atoms with Gasteiger partial charge in [0.15, 0.2) is 0 Å². The van der Waals surface area contributed by atoms with E-state index in [4.69, 9.17) is 16.2 Å². The van der Waals surface area contributed by atoms with Gasteiger partial charge in [-0.3, -0.25) is 9.78 Å². The number of nitrogen functional groups attached to an aromatic ring is 1. The minimum atomic E-state index is -0.531. The molecule has 0 saturated heterocycles. The van der Waals surface area contributed by atoms with Gasteiger partial charge in [-0.15, -0.1) is 0 Å². The lowest BCUT2D eigenvalue weighted by Crippen LogP contribution is -2.10. The number of anilines is 1. The van der Waals surface area contributed by atoms with Gasteiger partial charge >= 0.3 is 0 Å². The molecular formula is C15H12N4O2. The standard InChI is InChI=1S/C15H12N4O2/c16-11-4-5-12(10-2-1-7-18-14(10)11)21-13-6-3-9(8-19-13)15(17)20/h1-8H,16H2,(H2,17,20). The summed E-state index contributed by atoms with van der Waals surface area (Å²) < 4.78 is 5.72. The SMILES string of the molecule is NC(=O)c1ccc(Oc2ccc(N)c3ncccc23)nc1. The molecule has 1 aromatic carbocycles. The third-order valence-corrected chi connectivity index (χ3v) is 3.00. The summed E-state index contributed by atoms with van der Waals surface area (Å²) in [6.45, 7) is 0. The number of hydrogen-bond acceptors (Lipinski definition) is 5. The molecule has 2 aromatic heterocycles. The van der Waals surface area contributed by atoms with E-state index in [1.165, 1.54) is 6.20 Å². The molecule has 3 aromatic rings. The van der Waals surface area contributed by atoms with Crippen LogP contribution in [-0.2, 0) is 0 Å². The quantitative estimate of drug-likeness (QED) is 0.715. The van der Waals surface area contributed by atoms with E-state index in [2.05, 4.69) is 9.97 Å². The highest BCUT2D eigenvalue weighted by molar-refractivity contribution is 5.94. The highest BCUT2D eigenvalue weighted by atomic mass is 16.5. The Labute approximate surface area is 120 Å². The Bertz CT molecular complexity index is 816. The first kappa shape index (κ1) is 12.9. The molecule has 0 aliphatic heterocycles. The van der Waals surface area contributed by atoms with Crippen LogP contribution in [0.1, 0.15) is 10.4 Å². The Morgan fingerprint density at radius 1 is 1.10 bits per heavy atom. The van der Waals surface area contributed by atoms with Crippen LogP contribution < -0.4 is 16.2 Å². The summed E-state index contributed by atoms with van der Waals surface area (Å²) in [4.78, 5) is 19.3. The van der Waals surface area contributed by atoms with Crippen LogP contribution in [0.15, 0.2) is 48.8 Å². The fraction of sp³-hybridized carbons (Fsp3) is 0. The van der Waals surface area contributed by atoms with Gasteiger partial charge < -0.3 is 16.2 Å². The van der Waals surface area contributed by atoms with Gasteiger partial charge in [-0.2, -0.15) is 0 Å². The van der Waals surface area contributed by atoms with Crippen LogP contribution in [0.5, 0.6) is 11.6 Å². The zero-order chi connectivity index (χ0) is 14.8. The number of benzene rings is 1. The largest absolute Gasteiger partial charge is 0.438 e. The van der Waals surface area contributed by atoms with Crippen LogP contribution >= 0.6 is 0 Å². The number of nitrogens with zero attached hydrogens (tertiary/aromatic N) is 2. The highest BCUT2D eigenvalue weighted by Crippen LogP contribution is 2.31. The van der Waals surface area contributed by atoms with Crippen molar-refractivity contribution >= 4 is 22.5 Å². The lowest BCUT2D eigenvalue weighted by molar-refractivity contribution is 0.1000. The van der Waals surface area contributed by atoms with Crippen LogP contribution in [0, 0.1) is 0 Å². The fourth-order valence-corrected chi connectivity index (χ4v) is 1.96. The van der Waals surface area contributed by atoms with Crippen LogP contribution in [-0.4, -0.2) is 15.9 Å². The predicted molar refractivity (Wildman–Crippen MR) is 79.0 cm³/mol. The summed E-state index contributed by atoms with van der Waals surface area (Å²) in [5, 5.41) is 0.790. The third kappa shape index (κ3) is 2.46. The second-order valence-corrected chi connectivity index (χ2v) is 4.40. The molecule has 21 heavy (non-hydrogen) atoms. The maximum absolute atomic E-state index is 11.0. The van der Waals surface area contributed by atoms with Crippen LogP contribution in [0.2, 0.25) is 0 Å². The van der Waals surface area contributed by atoms with Crippen LogP contribution in [0.4, 0.5) is 5.69 Å². The number of fused-ring (bicyclic) bond motifs is 1. The van der Waals surface area contributed by atoms with E-state index in [0.717, 1.165) is 5.39 Å². The Hall–Kier alpha value is -3.15. The number of carbonyl (C=O) groups is 1. The number of ether oxygens (including phenoxy) is 1. The number of carbonyl (C=O) groups excluding carboxylic acids is 1. The van der Waals surface area contributed by atoms with Crippen LogP contribution in [0.3, 0.4) is 0 Å². The summed E-state index contributed by atoms with van der Waals surface area (Å²) in [7, 11) is 0. The van der Waals surface area contributed by atoms with Crippen molar-refractivity contribution in [1.82, 2.24) is 9.97 Å². The molecule has 2 heterocycles. The Balaban J connectivity index is 1.98. The summed E-state index contributed by atoms with van der Waals surface area (Å²) in [5.74, 6) is 0.415. The van der Waals surface area contributed by atoms with Crippen molar-refractivity contribution < 1.29 is 9.53 Å². The first-order valence-electron chi connectivity index (χ1n) is 6.22. The van der Waals surface area contributed by atoms with E-state index in [0.29, 0.717) is 28.4 Å². The molecule has 0 spiro atoms. The molecule has 4 N–H and O–H groups in total. The number of aromatic nitrogens is 2. The van der Waals surface area contributed by atoms with Gasteiger partial charge in [0.2, 0.25) is 11.8 Å². The number of hydrogen-bond donors (Lipinski definition) is 2. The lowest BCUT2D eigenvalue weighted by atomic mass is 10.2. The van der Waals surface area contributed by atoms with Gasteiger partial charge in [0, 0.05) is 23.8 Å². The molecule has 0 bridgehead atoms. The number of rotatable bonds is 3. The Morgan fingerprint density at radius 3 is 2.67 bits per heavy atom. The second kappa shape index (κ2) is 5.09. The normalized spacial score (nSPS) is 10.5. The molecule has 0 aliphatic rings. The van der Waals surface area contributed by atoms with Gasteiger partial charge in [-0.25, -0.2) is 4.98 Å². The first-order chi connectivity index (χ1) is 10.1. The van der Waals surface area contributed by atoms with Crippen molar-refractivity contribution in [2.45, 2.75) is 0 Å². The van der Waals surface area contributed by atoms with Crippen molar-refractivity contribution in [3.8, 4) is 11.6 Å². The summed E-state index contributed by atoms with van der Waals surface area (Å²) in [6, 6.07) is 10.3. The lowest BCUT2D eigenvalue weighted by Gasteiger charge is -2.09. The van der Waals surface area contributed by atoms with Crippen molar-refractivity contribution in [1.29, 1.82) is 0 Å². The van der Waals surface area contributed by atoms with Crippen molar-refractivity contribution in [3.63, 3.8) is 0 Å². The van der Waals surface area contributed by atoms with Gasteiger partial charge in [0.1, 0.15) is 5.75 Å². The minimum Gasteiger partial charge on any atom is -0.438 e. The smallest absolute Gasteiger partial charge is 0.250 e. The number of amides is 1. The van der Waals surface area contributed by atoms with Gasteiger partial charge in [-0.05, 0) is 30.3 Å². The number of primary amides is 1. The summed E-state index contributed by atoms with van der Waals surface area (Å²) in [5.41, 5.74) is 12.6. The average Bonchev–Trinajstić information content (AvgIpc) is 2.51. The summed E-state index contributed by atoms with van der Waals surface area (Å²) >= 11 is 0. The van der Waals surface area contributed by atoms with Crippen molar-refractivity contribution in [2.75, 3.05) is 5.73 Å². The highest BCUT2D eigenvalue weighted by Gasteiger charge is 2.08. The first-order valence-corrected chi connectivity index (χ1v) is 6.22. The van der Waals surface area contributed by atoms with E-state index in [9.17, 15) is 4.79 Å². The number of nitrogens with two attached hydrogens (primary N) is 2. The molecule has 6 heteroatoms. The van der Waals surface area contributed by atoms with Crippen molar-refractivity contribution in [3.05, 3.63) is 54.4 Å². The average molecular weight is 280 g/mol. The van der Waals surface area contributed by atoms with Crippen LogP contribution in [0.25, 0.3) is 10.9 Å². The zero-order valence-electron chi connectivity index (χ0n) is 11.0. The zero-order valence-corrected chi connectivity index (χ0v) is 11.0. The molecule has 0 atom stereocenters. The Kier molecular flexibility index (Phi) is 3.12. The van der Waals surface area contributed by atoms with E-state index in [-0.39, 0.29) is 0 Å². The van der Waals surface area contributed by atoms with Crippen molar-refractivity contribution in [2.24, 2.45) is 5.73 Å². The minimum absolute atomic E-state index is 0.325. The molecule has 0 radical (unpaired) electrons. The Morgan fingerprint density at radius 2 is 1.95 bits per heavy atom. The fourth-order valence-electron chi connectivity index (χ4n) is 1.96. The molecule has 6 nitrogen and oxygen atoms in total. The third-order valence-electron chi connectivity index (χ3n) is 3.00. The molecule has 0 fully saturated rings. The predicted octanol–water partition coefficient (Wildman–Crippen LogP) is 2.10. The van der Waals surface area contributed by atoms with Gasteiger partial charge in [0.05, 0.1) is 16.8 Å². The van der Waals surface area contributed by atoms with E-state index >= 15 is 0 Å². The van der Waals surface area contributed by atoms with E-state index in [1.807, 2.05) is 6.07 Å². The summed E-state index contributed by atoms with van der Waals surface area (Å²) in [6.07, 6.45) is 3.04. The van der Waals surface area contributed by atoms with Gasteiger partial charge in [-0.1, -0.05) is 0 Å². The molecule has 1 amide bonds. The molecule has 3 rings (SSSR count). The monoisotopic (exact) mass is 280 g/mol. The molecule has 104 valence electrons. The molecule has 0 aliphatic carbocycles. The molecular weight excluding hydrogens is 268 g/mol. The number of pyridine rings is 2. The maximum Gasteiger partial charge on any atom is 0.250 e. The topological polar surface area (TPSA) is 104 Å². The van der Waals surface area contributed by atoms with E-state index < -0.39 is 5.91 Å².